The summed E-state index contributed by atoms with van der Waals surface area (Å²) < 4.78 is 40.1. The molecule has 0 fully saturated rings. The molecule has 0 amide bonds. The predicted octanol–water partition coefficient (Wildman–Crippen LogP) is 2.91. The molecule has 0 aliphatic heterocycles. The number of methoxy groups -OCH3 is 1. The van der Waals surface area contributed by atoms with Gasteiger partial charge in [0.1, 0.15) is 11.5 Å². The van der Waals surface area contributed by atoms with E-state index in [9.17, 15) is 13.2 Å². The summed E-state index contributed by atoms with van der Waals surface area (Å²) in [4.78, 5) is 12.4. The third kappa shape index (κ3) is 5.35. The highest BCUT2D eigenvalue weighted by Crippen LogP contribution is 2.25. The van der Waals surface area contributed by atoms with Gasteiger partial charge in [-0.3, -0.25) is 4.79 Å². The van der Waals surface area contributed by atoms with E-state index in [-0.39, 0.29) is 23.5 Å². The van der Waals surface area contributed by atoms with Crippen molar-refractivity contribution in [2.45, 2.75) is 32.2 Å². The van der Waals surface area contributed by atoms with Gasteiger partial charge in [-0.15, -0.1) is 0 Å². The Kier molecular flexibility index (Phi) is 7.32. The van der Waals surface area contributed by atoms with Gasteiger partial charge < -0.3 is 9.47 Å². The molecule has 1 heterocycles. The second-order valence-corrected chi connectivity index (χ2v) is 8.96. The molecule has 8 nitrogen and oxygen atoms in total. The molecular weight excluding hydrogens is 430 g/mol. The van der Waals surface area contributed by atoms with E-state index >= 15 is 0 Å². The molecule has 1 aromatic heterocycles. The SMILES string of the molecule is CCOc1ccc(-c2ccc(=O)n(CCNS(=O)(=O)c3cc(C)c(OC)cc3C)n2)cc1. The molecule has 3 aromatic rings. The first-order chi connectivity index (χ1) is 15.2. The summed E-state index contributed by atoms with van der Waals surface area (Å²) in [7, 11) is -2.21. The summed E-state index contributed by atoms with van der Waals surface area (Å²) >= 11 is 0. The Morgan fingerprint density at radius 1 is 1.03 bits per heavy atom. The zero-order valence-corrected chi connectivity index (χ0v) is 19.4. The highest BCUT2D eigenvalue weighted by atomic mass is 32.2. The third-order valence-corrected chi connectivity index (χ3v) is 6.53. The molecule has 1 N–H and O–H groups in total. The van der Waals surface area contributed by atoms with Gasteiger partial charge in [-0.1, -0.05) is 0 Å². The first-order valence-corrected chi connectivity index (χ1v) is 11.7. The number of ether oxygens (including phenoxy) is 2. The van der Waals surface area contributed by atoms with Crippen molar-refractivity contribution in [3.63, 3.8) is 0 Å². The van der Waals surface area contributed by atoms with E-state index in [1.165, 1.54) is 10.7 Å². The van der Waals surface area contributed by atoms with Crippen LogP contribution in [0, 0.1) is 13.8 Å². The second-order valence-electron chi connectivity index (χ2n) is 7.22. The number of nitrogens with zero attached hydrogens (tertiary/aromatic N) is 2. The molecule has 9 heteroatoms. The molecule has 0 unspecified atom stereocenters. The van der Waals surface area contributed by atoms with Crippen LogP contribution in [0.25, 0.3) is 11.3 Å². The lowest BCUT2D eigenvalue weighted by molar-refractivity contribution is 0.340. The molecule has 2 aromatic carbocycles. The lowest BCUT2D eigenvalue weighted by atomic mass is 10.1. The van der Waals surface area contributed by atoms with Crippen LogP contribution in [0.1, 0.15) is 18.1 Å². The molecule has 32 heavy (non-hydrogen) atoms. The minimum Gasteiger partial charge on any atom is -0.496 e. The topological polar surface area (TPSA) is 99.5 Å². The zero-order chi connectivity index (χ0) is 23.3. The van der Waals surface area contributed by atoms with E-state index in [1.54, 1.807) is 39.2 Å². The summed E-state index contributed by atoms with van der Waals surface area (Å²) in [5.41, 5.74) is 2.42. The molecule has 0 radical (unpaired) electrons. The van der Waals surface area contributed by atoms with Gasteiger partial charge in [-0.2, -0.15) is 5.10 Å². The van der Waals surface area contributed by atoms with Crippen LogP contribution in [0.4, 0.5) is 0 Å². The summed E-state index contributed by atoms with van der Waals surface area (Å²) in [6.45, 7) is 6.10. The fourth-order valence-electron chi connectivity index (χ4n) is 3.29. The summed E-state index contributed by atoms with van der Waals surface area (Å²) in [6, 6.07) is 13.7. The van der Waals surface area contributed by atoms with Crippen LogP contribution >= 0.6 is 0 Å². The Balaban J connectivity index is 1.74. The molecule has 0 spiro atoms. The quantitative estimate of drug-likeness (QED) is 0.530. The lowest BCUT2D eigenvalue weighted by Gasteiger charge is -2.13. The first kappa shape index (κ1) is 23.5. The lowest BCUT2D eigenvalue weighted by Crippen LogP contribution is -2.32. The third-order valence-electron chi connectivity index (χ3n) is 4.93. The molecule has 0 atom stereocenters. The van der Waals surface area contributed by atoms with Crippen LogP contribution < -0.4 is 19.8 Å². The number of sulfonamides is 1. The van der Waals surface area contributed by atoms with E-state index in [0.717, 1.165) is 16.9 Å². The van der Waals surface area contributed by atoms with Crippen LogP contribution in [-0.4, -0.2) is 38.5 Å². The Morgan fingerprint density at radius 3 is 2.41 bits per heavy atom. The van der Waals surface area contributed by atoms with Crippen LogP contribution in [0.3, 0.4) is 0 Å². The van der Waals surface area contributed by atoms with Crippen molar-refractivity contribution in [3.8, 4) is 22.8 Å². The predicted molar refractivity (Wildman–Crippen MR) is 123 cm³/mol. The van der Waals surface area contributed by atoms with Crippen molar-refractivity contribution >= 4 is 10.0 Å². The number of aromatic nitrogens is 2. The molecule has 3 rings (SSSR count). The molecule has 170 valence electrons. The van der Waals surface area contributed by atoms with Crippen LogP contribution in [0.2, 0.25) is 0 Å². The minimum atomic E-state index is -3.76. The highest BCUT2D eigenvalue weighted by molar-refractivity contribution is 7.89. The number of aryl methyl sites for hydroxylation is 2. The number of hydrogen-bond donors (Lipinski definition) is 1. The zero-order valence-electron chi connectivity index (χ0n) is 18.6. The molecule has 0 bridgehead atoms. The Hall–Kier alpha value is -3.17. The number of hydrogen-bond acceptors (Lipinski definition) is 6. The molecule has 0 aliphatic carbocycles. The highest BCUT2D eigenvalue weighted by Gasteiger charge is 2.18. The maximum Gasteiger partial charge on any atom is 0.266 e. The standard InChI is InChI=1S/C23H27N3O5S/c1-5-31-19-8-6-18(7-9-19)20-10-11-23(27)26(25-20)13-12-24-32(28,29)22-15-16(2)21(30-4)14-17(22)3/h6-11,14-15,24H,5,12-13H2,1-4H3. The second kappa shape index (κ2) is 9.97. The normalized spacial score (nSPS) is 11.4. The molecule has 0 saturated carbocycles. The maximum atomic E-state index is 12.8. The van der Waals surface area contributed by atoms with Gasteiger partial charge in [-0.05, 0) is 74.4 Å². The van der Waals surface area contributed by atoms with Gasteiger partial charge in [0.25, 0.3) is 5.56 Å². The van der Waals surface area contributed by atoms with Gasteiger partial charge in [0.15, 0.2) is 0 Å². The minimum absolute atomic E-state index is 0.0203. The van der Waals surface area contributed by atoms with Crippen molar-refractivity contribution in [2.75, 3.05) is 20.3 Å². The van der Waals surface area contributed by atoms with Crippen molar-refractivity contribution < 1.29 is 17.9 Å². The summed E-state index contributed by atoms with van der Waals surface area (Å²) in [5.74, 6) is 1.38. The van der Waals surface area contributed by atoms with Crippen LogP contribution in [0.15, 0.2) is 58.2 Å². The van der Waals surface area contributed by atoms with Gasteiger partial charge in [-0.25, -0.2) is 17.8 Å². The van der Waals surface area contributed by atoms with Crippen molar-refractivity contribution in [3.05, 3.63) is 70.0 Å². The average Bonchev–Trinajstić information content (AvgIpc) is 2.77. The average molecular weight is 458 g/mol. The van der Waals surface area contributed by atoms with Crippen molar-refractivity contribution in [2.24, 2.45) is 0 Å². The van der Waals surface area contributed by atoms with Crippen molar-refractivity contribution in [1.29, 1.82) is 0 Å². The Bertz CT molecular complexity index is 1250. The van der Waals surface area contributed by atoms with Crippen molar-refractivity contribution in [1.82, 2.24) is 14.5 Å². The summed E-state index contributed by atoms with van der Waals surface area (Å²) in [5, 5.41) is 4.38. The van der Waals surface area contributed by atoms with E-state index in [1.807, 2.05) is 31.2 Å². The van der Waals surface area contributed by atoms with E-state index in [2.05, 4.69) is 9.82 Å². The molecular formula is C23H27N3O5S. The van der Waals surface area contributed by atoms with E-state index in [0.29, 0.717) is 23.6 Å². The Labute approximate surface area is 187 Å². The maximum absolute atomic E-state index is 12.8. The van der Waals surface area contributed by atoms with Gasteiger partial charge >= 0.3 is 0 Å². The summed E-state index contributed by atoms with van der Waals surface area (Å²) in [6.07, 6.45) is 0. The number of nitrogens with one attached hydrogen (secondary N) is 1. The monoisotopic (exact) mass is 457 g/mol. The van der Waals surface area contributed by atoms with Gasteiger partial charge in [0.05, 0.1) is 30.9 Å². The first-order valence-electron chi connectivity index (χ1n) is 10.2. The number of rotatable bonds is 9. The fourth-order valence-corrected chi connectivity index (χ4v) is 4.62. The van der Waals surface area contributed by atoms with Crippen LogP contribution in [-0.2, 0) is 16.6 Å². The fraction of sp³-hybridized carbons (Fsp3) is 0.304. The number of benzene rings is 2. The molecule has 0 aliphatic rings. The van der Waals surface area contributed by atoms with Gasteiger partial charge in [0, 0.05) is 18.2 Å². The Morgan fingerprint density at radius 2 is 1.75 bits per heavy atom. The van der Waals surface area contributed by atoms with Gasteiger partial charge in [0.2, 0.25) is 10.0 Å². The van der Waals surface area contributed by atoms with Crippen LogP contribution in [0.5, 0.6) is 11.5 Å². The largest absolute Gasteiger partial charge is 0.496 e. The smallest absolute Gasteiger partial charge is 0.266 e. The molecule has 0 saturated heterocycles. The van der Waals surface area contributed by atoms with E-state index in [4.69, 9.17) is 9.47 Å². The van der Waals surface area contributed by atoms with E-state index < -0.39 is 10.0 Å².